The number of rotatable bonds is 20. The van der Waals surface area contributed by atoms with E-state index >= 15 is 0 Å². The van der Waals surface area contributed by atoms with E-state index in [9.17, 15) is 19.4 Å². The van der Waals surface area contributed by atoms with Crippen molar-refractivity contribution >= 4 is 13.8 Å². The molecule has 0 spiro atoms. The predicted molar refractivity (Wildman–Crippen MR) is 132 cm³/mol. The molecule has 0 aromatic rings. The molecule has 0 heterocycles. The quantitative estimate of drug-likeness (QED) is 0.0849. The van der Waals surface area contributed by atoms with Crippen molar-refractivity contribution in [3.05, 3.63) is 36.5 Å². The number of ether oxygens (including phenoxy) is 1. The summed E-state index contributed by atoms with van der Waals surface area (Å²) in [6.07, 6.45) is 18.6. The lowest BCUT2D eigenvalue weighted by atomic mass is 10.1. The summed E-state index contributed by atoms with van der Waals surface area (Å²) in [7, 11) is 1.53. The third-order valence-electron chi connectivity index (χ3n) is 4.42. The summed E-state index contributed by atoms with van der Waals surface area (Å²) in [5, 5.41) is 9.79. The third kappa shape index (κ3) is 23.7. The zero-order valence-corrected chi connectivity index (χ0v) is 21.8. The Morgan fingerprint density at radius 2 is 1.58 bits per heavy atom. The molecule has 2 unspecified atom stereocenters. The predicted octanol–water partition coefficient (Wildman–Crippen LogP) is 4.54. The van der Waals surface area contributed by atoms with Crippen molar-refractivity contribution in [3.63, 3.8) is 0 Å². The second-order valence-electron chi connectivity index (χ2n) is 8.84. The number of unbranched alkanes of at least 4 members (excludes halogenated alkanes) is 3. The number of hydrogen-bond acceptors (Lipinski definition) is 6. The largest absolute Gasteiger partial charge is 0.472 e. The standard InChI is InChI=1S/C24H44NO7P/c1-5-6-7-8-9-10-11-12-13-14-15-16-17-18-24(27)30-21-23(26)22-32-33(28,29)31-20-19-25(2,3)4/h6-7,9-10,12-13,23,26H,5,8,11,14-22H2,1-4H3/p+1/b7-6-,10-9-,13-12-. The van der Waals surface area contributed by atoms with Gasteiger partial charge in [0.2, 0.25) is 0 Å². The number of phosphoric acid groups is 1. The molecule has 0 aromatic carbocycles. The van der Waals surface area contributed by atoms with Crippen molar-refractivity contribution in [2.24, 2.45) is 0 Å². The molecule has 8 nitrogen and oxygen atoms in total. The number of carbonyl (C=O) groups is 1. The molecule has 0 aliphatic carbocycles. The molecule has 0 saturated heterocycles. The van der Waals surface area contributed by atoms with Crippen LogP contribution in [0.4, 0.5) is 0 Å². The van der Waals surface area contributed by atoms with Crippen LogP contribution in [0.5, 0.6) is 0 Å². The van der Waals surface area contributed by atoms with Gasteiger partial charge in [0.05, 0.1) is 27.7 Å². The van der Waals surface area contributed by atoms with Gasteiger partial charge in [-0.25, -0.2) is 4.57 Å². The summed E-state index contributed by atoms with van der Waals surface area (Å²) in [5.74, 6) is -0.404. The molecule has 33 heavy (non-hydrogen) atoms. The average Bonchev–Trinajstić information content (AvgIpc) is 2.73. The summed E-state index contributed by atoms with van der Waals surface area (Å²) in [5.41, 5.74) is 0. The zero-order chi connectivity index (χ0) is 25.0. The fourth-order valence-corrected chi connectivity index (χ4v) is 3.24. The van der Waals surface area contributed by atoms with Crippen LogP contribution in [-0.2, 0) is 23.1 Å². The van der Waals surface area contributed by atoms with Crippen LogP contribution in [-0.4, -0.2) is 74.1 Å². The Bertz CT molecular complexity index is 641. The molecule has 2 N–H and O–H groups in total. The summed E-state index contributed by atoms with van der Waals surface area (Å²) in [6, 6.07) is 0. The topological polar surface area (TPSA) is 102 Å². The van der Waals surface area contributed by atoms with Crippen molar-refractivity contribution in [3.8, 4) is 0 Å². The number of carbonyl (C=O) groups excluding carboxylic acids is 1. The van der Waals surface area contributed by atoms with Crippen molar-refractivity contribution in [1.82, 2.24) is 0 Å². The molecule has 2 atom stereocenters. The molecule has 0 aliphatic rings. The Morgan fingerprint density at radius 3 is 2.21 bits per heavy atom. The van der Waals surface area contributed by atoms with E-state index in [1.807, 2.05) is 21.1 Å². The highest BCUT2D eigenvalue weighted by Gasteiger charge is 2.24. The number of nitrogens with zero attached hydrogens (tertiary/aromatic N) is 1. The van der Waals surface area contributed by atoms with E-state index in [4.69, 9.17) is 13.8 Å². The van der Waals surface area contributed by atoms with Gasteiger partial charge in [-0.2, -0.15) is 0 Å². The number of esters is 1. The fraction of sp³-hybridized carbons (Fsp3) is 0.708. The third-order valence-corrected chi connectivity index (χ3v) is 5.40. The second-order valence-corrected chi connectivity index (χ2v) is 10.3. The first-order valence-corrected chi connectivity index (χ1v) is 13.3. The number of hydrogen-bond donors (Lipinski definition) is 2. The smallest absolute Gasteiger partial charge is 0.463 e. The maximum Gasteiger partial charge on any atom is 0.472 e. The van der Waals surface area contributed by atoms with Crippen molar-refractivity contribution in [2.75, 3.05) is 47.5 Å². The van der Waals surface area contributed by atoms with Crippen molar-refractivity contribution in [2.45, 2.75) is 64.4 Å². The minimum Gasteiger partial charge on any atom is -0.463 e. The minimum atomic E-state index is -4.25. The van der Waals surface area contributed by atoms with Gasteiger partial charge in [0.15, 0.2) is 0 Å². The lowest BCUT2D eigenvalue weighted by molar-refractivity contribution is -0.870. The number of phosphoric ester groups is 1. The van der Waals surface area contributed by atoms with E-state index in [-0.39, 0.29) is 19.6 Å². The van der Waals surface area contributed by atoms with Crippen molar-refractivity contribution < 1.29 is 37.6 Å². The Kier molecular flexibility index (Phi) is 18.3. The molecule has 0 aliphatic heterocycles. The van der Waals surface area contributed by atoms with Gasteiger partial charge in [-0.15, -0.1) is 0 Å². The van der Waals surface area contributed by atoms with Gasteiger partial charge in [-0.05, 0) is 38.5 Å². The van der Waals surface area contributed by atoms with Crippen LogP contribution >= 0.6 is 7.82 Å². The van der Waals surface area contributed by atoms with E-state index in [0.29, 0.717) is 11.0 Å². The first kappa shape index (κ1) is 31.7. The first-order valence-electron chi connectivity index (χ1n) is 11.8. The minimum absolute atomic E-state index is 0.0478. The summed E-state index contributed by atoms with van der Waals surface area (Å²) in [6.45, 7) is 1.95. The lowest BCUT2D eigenvalue weighted by Crippen LogP contribution is -2.37. The van der Waals surface area contributed by atoms with Gasteiger partial charge in [0.25, 0.3) is 0 Å². The normalized spacial score (nSPS) is 15.5. The molecule has 9 heteroatoms. The van der Waals surface area contributed by atoms with Gasteiger partial charge in [-0.3, -0.25) is 13.8 Å². The highest BCUT2D eigenvalue weighted by atomic mass is 31.2. The molecule has 0 bridgehead atoms. The highest BCUT2D eigenvalue weighted by molar-refractivity contribution is 7.47. The number of aliphatic hydroxyl groups is 1. The van der Waals surface area contributed by atoms with Gasteiger partial charge < -0.3 is 19.2 Å². The van der Waals surface area contributed by atoms with E-state index in [2.05, 4.69) is 43.4 Å². The van der Waals surface area contributed by atoms with Crippen LogP contribution < -0.4 is 0 Å². The van der Waals surface area contributed by atoms with Gasteiger partial charge in [-0.1, -0.05) is 49.8 Å². The number of aliphatic hydroxyl groups excluding tert-OH is 1. The molecule has 0 radical (unpaired) electrons. The van der Waals surface area contributed by atoms with Gasteiger partial charge in [0, 0.05) is 6.42 Å². The van der Waals surface area contributed by atoms with E-state index in [1.54, 1.807) is 0 Å². The molecule has 0 fully saturated rings. The van der Waals surface area contributed by atoms with Crippen LogP contribution in [0.3, 0.4) is 0 Å². The van der Waals surface area contributed by atoms with Crippen LogP contribution in [0.15, 0.2) is 36.5 Å². The summed E-state index contributed by atoms with van der Waals surface area (Å²) < 4.78 is 26.9. The van der Waals surface area contributed by atoms with Crippen LogP contribution in [0.1, 0.15) is 58.3 Å². The molecule has 0 amide bonds. The monoisotopic (exact) mass is 490 g/mol. The SMILES string of the molecule is CC/C=C\C/C=C\C/C=C\CCCCCC(=O)OCC(O)COP(=O)(O)OCC[N+](C)(C)C. The maximum absolute atomic E-state index is 11.8. The van der Waals surface area contributed by atoms with Gasteiger partial charge in [0.1, 0.15) is 25.9 Å². The molecule has 0 rings (SSSR count). The van der Waals surface area contributed by atoms with Crippen LogP contribution in [0, 0.1) is 0 Å². The molecule has 0 saturated carbocycles. The number of allylic oxidation sites excluding steroid dienone is 6. The van der Waals surface area contributed by atoms with E-state index in [1.165, 1.54) is 0 Å². The van der Waals surface area contributed by atoms with Gasteiger partial charge >= 0.3 is 13.8 Å². The fourth-order valence-electron chi connectivity index (χ4n) is 2.49. The Balaban J connectivity index is 3.73. The molecule has 0 aromatic heterocycles. The summed E-state index contributed by atoms with van der Waals surface area (Å²) >= 11 is 0. The Hall–Kier alpha value is -1.28. The lowest BCUT2D eigenvalue weighted by Gasteiger charge is -2.24. The number of quaternary nitrogens is 1. The highest BCUT2D eigenvalue weighted by Crippen LogP contribution is 2.43. The van der Waals surface area contributed by atoms with E-state index in [0.717, 1.165) is 44.9 Å². The Morgan fingerprint density at radius 1 is 0.939 bits per heavy atom. The van der Waals surface area contributed by atoms with E-state index < -0.39 is 26.5 Å². The average molecular weight is 491 g/mol. The first-order chi connectivity index (χ1) is 15.6. The molecular formula is C24H45NO7P+. The summed E-state index contributed by atoms with van der Waals surface area (Å²) in [4.78, 5) is 21.4. The Labute approximate surface area is 200 Å². The number of likely N-dealkylation sites (N-methyl/N-ethyl adjacent to an activating group) is 1. The van der Waals surface area contributed by atoms with Crippen LogP contribution in [0.25, 0.3) is 0 Å². The molecular weight excluding hydrogens is 445 g/mol. The zero-order valence-electron chi connectivity index (χ0n) is 20.9. The van der Waals surface area contributed by atoms with Crippen molar-refractivity contribution in [1.29, 1.82) is 0 Å². The van der Waals surface area contributed by atoms with Crippen LogP contribution in [0.2, 0.25) is 0 Å². The molecule has 192 valence electrons. The second kappa shape index (κ2) is 19.1. The maximum atomic E-state index is 11.8.